The van der Waals surface area contributed by atoms with Crippen LogP contribution in [0.4, 0.5) is 0 Å². The van der Waals surface area contributed by atoms with Gasteiger partial charge in [-0.1, -0.05) is 0 Å². The molecule has 0 atom stereocenters. The van der Waals surface area contributed by atoms with E-state index in [0.717, 1.165) is 17.2 Å². The molecule has 0 aliphatic carbocycles. The number of morpholine rings is 1. The Morgan fingerprint density at radius 3 is 2.57 bits per heavy atom. The van der Waals surface area contributed by atoms with E-state index in [2.05, 4.69) is 10.1 Å². The van der Waals surface area contributed by atoms with Gasteiger partial charge in [-0.2, -0.15) is 5.10 Å². The molecule has 2 aromatic rings. The van der Waals surface area contributed by atoms with Crippen molar-refractivity contribution in [3.63, 3.8) is 0 Å². The van der Waals surface area contributed by atoms with Crippen molar-refractivity contribution in [2.45, 2.75) is 13.8 Å². The van der Waals surface area contributed by atoms with Crippen LogP contribution in [0.1, 0.15) is 21.7 Å². The summed E-state index contributed by atoms with van der Waals surface area (Å²) >= 11 is 0. The van der Waals surface area contributed by atoms with Crippen molar-refractivity contribution in [3.05, 3.63) is 41.3 Å². The summed E-state index contributed by atoms with van der Waals surface area (Å²) in [6.07, 6.45) is 1.61. The number of nitrogens with zero attached hydrogens (tertiary/aromatic N) is 4. The second-order valence-corrected chi connectivity index (χ2v) is 5.15. The molecule has 6 heteroatoms. The van der Waals surface area contributed by atoms with Gasteiger partial charge in [0.15, 0.2) is 5.82 Å². The molecule has 1 fully saturated rings. The summed E-state index contributed by atoms with van der Waals surface area (Å²) in [4.78, 5) is 18.5. The third-order valence-electron chi connectivity index (χ3n) is 3.52. The maximum absolute atomic E-state index is 12.3. The summed E-state index contributed by atoms with van der Waals surface area (Å²) < 4.78 is 7.03. The summed E-state index contributed by atoms with van der Waals surface area (Å²) in [6, 6.07) is 5.62. The smallest absolute Gasteiger partial charge is 0.255 e. The van der Waals surface area contributed by atoms with E-state index in [1.165, 1.54) is 0 Å². The van der Waals surface area contributed by atoms with Gasteiger partial charge in [0, 0.05) is 25.0 Å². The van der Waals surface area contributed by atoms with E-state index in [0.29, 0.717) is 31.9 Å². The number of carbonyl (C=O) groups excluding carboxylic acids is 1. The molecule has 2 aromatic heterocycles. The highest BCUT2D eigenvalue weighted by molar-refractivity contribution is 5.94. The highest BCUT2D eigenvalue weighted by atomic mass is 16.5. The first kappa shape index (κ1) is 13.8. The highest BCUT2D eigenvalue weighted by Crippen LogP contribution is 2.12. The zero-order chi connectivity index (χ0) is 14.8. The normalized spacial score (nSPS) is 15.2. The minimum atomic E-state index is 0.00529. The van der Waals surface area contributed by atoms with Crippen molar-refractivity contribution >= 4 is 5.91 Å². The summed E-state index contributed by atoms with van der Waals surface area (Å²) in [5.74, 6) is 0.727. The minimum Gasteiger partial charge on any atom is -0.378 e. The Labute approximate surface area is 123 Å². The van der Waals surface area contributed by atoms with E-state index in [4.69, 9.17) is 4.74 Å². The van der Waals surface area contributed by atoms with Crippen molar-refractivity contribution in [1.82, 2.24) is 19.7 Å². The second kappa shape index (κ2) is 5.65. The number of pyridine rings is 1. The Kier molecular flexibility index (Phi) is 3.70. The van der Waals surface area contributed by atoms with Gasteiger partial charge in [-0.05, 0) is 32.0 Å². The molecule has 0 saturated carbocycles. The van der Waals surface area contributed by atoms with E-state index in [-0.39, 0.29) is 5.91 Å². The van der Waals surface area contributed by atoms with Gasteiger partial charge in [-0.3, -0.25) is 4.79 Å². The number of rotatable bonds is 2. The van der Waals surface area contributed by atoms with E-state index in [1.54, 1.807) is 21.8 Å². The quantitative estimate of drug-likeness (QED) is 0.836. The molecule has 3 rings (SSSR count). The Balaban J connectivity index is 1.80. The molecular weight excluding hydrogens is 268 g/mol. The van der Waals surface area contributed by atoms with E-state index in [1.807, 2.05) is 26.0 Å². The zero-order valence-electron chi connectivity index (χ0n) is 12.2. The van der Waals surface area contributed by atoms with Gasteiger partial charge in [0.25, 0.3) is 5.91 Å². The molecule has 0 N–H and O–H groups in total. The highest BCUT2D eigenvalue weighted by Gasteiger charge is 2.18. The molecule has 6 nitrogen and oxygen atoms in total. The third kappa shape index (κ3) is 2.80. The second-order valence-electron chi connectivity index (χ2n) is 5.15. The maximum Gasteiger partial charge on any atom is 0.255 e. The van der Waals surface area contributed by atoms with Gasteiger partial charge in [0.05, 0.1) is 24.5 Å². The summed E-state index contributed by atoms with van der Waals surface area (Å²) in [5.41, 5.74) is 2.57. The predicted octanol–water partition coefficient (Wildman–Crippen LogP) is 1.36. The van der Waals surface area contributed by atoms with Crippen molar-refractivity contribution in [1.29, 1.82) is 0 Å². The molecule has 0 spiro atoms. The first-order valence-corrected chi connectivity index (χ1v) is 7.02. The van der Waals surface area contributed by atoms with Gasteiger partial charge in [0.2, 0.25) is 0 Å². The predicted molar refractivity (Wildman–Crippen MR) is 77.6 cm³/mol. The molecular formula is C15H18N4O2. The summed E-state index contributed by atoms with van der Waals surface area (Å²) in [5, 5.41) is 4.39. The maximum atomic E-state index is 12.3. The van der Waals surface area contributed by atoms with E-state index < -0.39 is 0 Å². The van der Waals surface area contributed by atoms with Crippen molar-refractivity contribution in [2.75, 3.05) is 26.3 Å². The van der Waals surface area contributed by atoms with Crippen LogP contribution in [-0.2, 0) is 4.74 Å². The average molecular weight is 286 g/mol. The molecule has 1 amide bonds. The van der Waals surface area contributed by atoms with Crippen LogP contribution in [0, 0.1) is 13.8 Å². The standard InChI is InChI=1S/C15H18N4O2/c1-11-9-12(2)19(17-11)14-4-3-13(10-16-14)15(20)18-5-7-21-8-6-18/h3-4,9-10H,5-8H2,1-2H3. The van der Waals surface area contributed by atoms with Gasteiger partial charge in [-0.25, -0.2) is 9.67 Å². The van der Waals surface area contributed by atoms with Crippen molar-refractivity contribution in [2.24, 2.45) is 0 Å². The lowest BCUT2D eigenvalue weighted by atomic mass is 10.2. The van der Waals surface area contributed by atoms with Crippen LogP contribution >= 0.6 is 0 Å². The van der Waals surface area contributed by atoms with Gasteiger partial charge >= 0.3 is 0 Å². The van der Waals surface area contributed by atoms with Crippen LogP contribution in [0.25, 0.3) is 5.82 Å². The molecule has 0 unspecified atom stereocenters. The van der Waals surface area contributed by atoms with E-state index >= 15 is 0 Å². The Morgan fingerprint density at radius 1 is 1.24 bits per heavy atom. The topological polar surface area (TPSA) is 60.2 Å². The number of carbonyl (C=O) groups is 1. The first-order chi connectivity index (χ1) is 10.1. The lowest BCUT2D eigenvalue weighted by Crippen LogP contribution is -2.40. The van der Waals surface area contributed by atoms with Crippen LogP contribution in [0.3, 0.4) is 0 Å². The van der Waals surface area contributed by atoms with Crippen molar-refractivity contribution < 1.29 is 9.53 Å². The molecule has 1 aliphatic heterocycles. The Bertz CT molecular complexity index is 642. The van der Waals surface area contributed by atoms with Crippen LogP contribution < -0.4 is 0 Å². The molecule has 0 aromatic carbocycles. The molecule has 110 valence electrons. The van der Waals surface area contributed by atoms with Crippen LogP contribution in [-0.4, -0.2) is 51.9 Å². The van der Waals surface area contributed by atoms with Gasteiger partial charge in [-0.15, -0.1) is 0 Å². The SMILES string of the molecule is Cc1cc(C)n(-c2ccc(C(=O)N3CCOCC3)cn2)n1. The number of aromatic nitrogens is 3. The molecule has 0 radical (unpaired) electrons. The average Bonchev–Trinajstić information content (AvgIpc) is 2.86. The largest absolute Gasteiger partial charge is 0.378 e. The number of hydrogen-bond donors (Lipinski definition) is 0. The summed E-state index contributed by atoms with van der Waals surface area (Å²) in [7, 11) is 0. The lowest BCUT2D eigenvalue weighted by molar-refractivity contribution is 0.0302. The molecule has 1 aliphatic rings. The summed E-state index contributed by atoms with van der Waals surface area (Å²) in [6.45, 7) is 6.40. The fourth-order valence-electron chi connectivity index (χ4n) is 2.45. The first-order valence-electron chi connectivity index (χ1n) is 7.02. The molecule has 0 bridgehead atoms. The Morgan fingerprint density at radius 2 is 2.00 bits per heavy atom. The Hall–Kier alpha value is -2.21. The number of ether oxygens (including phenoxy) is 1. The van der Waals surface area contributed by atoms with E-state index in [9.17, 15) is 4.79 Å². The van der Waals surface area contributed by atoms with Gasteiger partial charge < -0.3 is 9.64 Å². The monoisotopic (exact) mass is 286 g/mol. The molecule has 21 heavy (non-hydrogen) atoms. The number of aryl methyl sites for hydroxylation is 2. The molecule has 3 heterocycles. The van der Waals surface area contributed by atoms with Gasteiger partial charge in [0.1, 0.15) is 0 Å². The van der Waals surface area contributed by atoms with Crippen LogP contribution in [0.2, 0.25) is 0 Å². The third-order valence-corrected chi connectivity index (χ3v) is 3.52. The number of hydrogen-bond acceptors (Lipinski definition) is 4. The minimum absolute atomic E-state index is 0.00529. The number of amides is 1. The molecule has 1 saturated heterocycles. The fraction of sp³-hybridized carbons (Fsp3) is 0.400. The zero-order valence-corrected chi connectivity index (χ0v) is 12.2. The van der Waals surface area contributed by atoms with Crippen LogP contribution in [0.15, 0.2) is 24.4 Å². The van der Waals surface area contributed by atoms with Crippen molar-refractivity contribution in [3.8, 4) is 5.82 Å². The van der Waals surface area contributed by atoms with Crippen LogP contribution in [0.5, 0.6) is 0 Å². The fourth-order valence-corrected chi connectivity index (χ4v) is 2.45. The lowest BCUT2D eigenvalue weighted by Gasteiger charge is -2.26.